The van der Waals surface area contributed by atoms with E-state index in [0.717, 1.165) is 0 Å². The SMILES string of the molecule is CC(=N\[O-])/C(=N\[O-])C(=O)Nc1ccccc1. The highest BCUT2D eigenvalue weighted by atomic mass is 16.4. The molecule has 0 spiro atoms. The van der Waals surface area contributed by atoms with Crippen molar-refractivity contribution in [1.29, 1.82) is 0 Å². The number of carbonyl (C=O) groups excluding carboxylic acids is 1. The number of rotatable bonds is 3. The lowest BCUT2D eigenvalue weighted by atomic mass is 10.2. The van der Waals surface area contributed by atoms with Crippen LogP contribution in [-0.2, 0) is 4.79 Å². The first-order valence-electron chi connectivity index (χ1n) is 4.43. The molecular formula is C10H9N3O3-2. The average molecular weight is 219 g/mol. The van der Waals surface area contributed by atoms with Crippen LogP contribution >= 0.6 is 0 Å². The fourth-order valence-corrected chi connectivity index (χ4v) is 1.03. The summed E-state index contributed by atoms with van der Waals surface area (Å²) in [5.74, 6) is -0.752. The molecule has 0 aromatic heterocycles. The summed E-state index contributed by atoms with van der Waals surface area (Å²) in [4.78, 5) is 11.5. The van der Waals surface area contributed by atoms with Gasteiger partial charge in [-0.25, -0.2) is 0 Å². The number of hydrogen-bond donors (Lipinski definition) is 1. The molecule has 1 rings (SSSR count). The second kappa shape index (κ2) is 5.50. The Kier molecular flexibility index (Phi) is 4.02. The number of para-hydroxylation sites is 1. The topological polar surface area (TPSA) is 99.9 Å². The van der Waals surface area contributed by atoms with Gasteiger partial charge in [0.1, 0.15) is 5.71 Å². The van der Waals surface area contributed by atoms with Gasteiger partial charge in [0, 0.05) is 5.69 Å². The van der Waals surface area contributed by atoms with Crippen molar-refractivity contribution < 1.29 is 4.79 Å². The van der Waals surface area contributed by atoms with Crippen LogP contribution in [0.25, 0.3) is 0 Å². The minimum Gasteiger partial charge on any atom is -0.792 e. The van der Waals surface area contributed by atoms with E-state index in [9.17, 15) is 15.2 Å². The number of hydrogen-bond acceptors (Lipinski definition) is 5. The van der Waals surface area contributed by atoms with Crippen LogP contribution in [0.15, 0.2) is 40.6 Å². The Labute approximate surface area is 91.9 Å². The molecular weight excluding hydrogens is 210 g/mol. The Bertz CT molecular complexity index is 426. The number of benzene rings is 1. The summed E-state index contributed by atoms with van der Waals surface area (Å²) in [6.45, 7) is 1.24. The molecule has 0 bridgehead atoms. The summed E-state index contributed by atoms with van der Waals surface area (Å²) in [6.07, 6.45) is 0. The summed E-state index contributed by atoms with van der Waals surface area (Å²) in [5, 5.41) is 27.9. The third-order valence-electron chi connectivity index (χ3n) is 1.82. The largest absolute Gasteiger partial charge is 0.792 e. The normalized spacial score (nSPS) is 12.3. The molecule has 16 heavy (non-hydrogen) atoms. The molecule has 1 aromatic carbocycles. The fourth-order valence-electron chi connectivity index (χ4n) is 1.03. The fraction of sp³-hybridized carbons (Fsp3) is 0.100. The van der Waals surface area contributed by atoms with Crippen molar-refractivity contribution in [3.8, 4) is 0 Å². The predicted molar refractivity (Wildman–Crippen MR) is 62.3 cm³/mol. The zero-order valence-corrected chi connectivity index (χ0v) is 8.51. The second-order valence-corrected chi connectivity index (χ2v) is 2.94. The van der Waals surface area contributed by atoms with E-state index >= 15 is 0 Å². The van der Waals surface area contributed by atoms with Crippen LogP contribution in [0.3, 0.4) is 0 Å². The third-order valence-corrected chi connectivity index (χ3v) is 1.82. The van der Waals surface area contributed by atoms with Crippen molar-refractivity contribution >= 4 is 23.0 Å². The van der Waals surface area contributed by atoms with Gasteiger partial charge in [-0.2, -0.15) is 0 Å². The summed E-state index contributed by atoms with van der Waals surface area (Å²) < 4.78 is 0. The monoisotopic (exact) mass is 219 g/mol. The summed E-state index contributed by atoms with van der Waals surface area (Å²) in [7, 11) is 0. The maximum absolute atomic E-state index is 11.5. The predicted octanol–water partition coefficient (Wildman–Crippen LogP) is 1.52. The van der Waals surface area contributed by atoms with Crippen LogP contribution in [0.4, 0.5) is 5.69 Å². The Morgan fingerprint density at radius 1 is 1.19 bits per heavy atom. The van der Waals surface area contributed by atoms with Crippen LogP contribution in [0.1, 0.15) is 6.92 Å². The summed E-state index contributed by atoms with van der Waals surface area (Å²) >= 11 is 0. The van der Waals surface area contributed by atoms with Gasteiger partial charge in [-0.05, 0) is 19.1 Å². The van der Waals surface area contributed by atoms with Crippen molar-refractivity contribution in [3.05, 3.63) is 40.7 Å². The molecule has 0 atom stereocenters. The number of nitrogens with zero attached hydrogens (tertiary/aromatic N) is 2. The molecule has 0 radical (unpaired) electrons. The van der Waals surface area contributed by atoms with E-state index < -0.39 is 11.6 Å². The van der Waals surface area contributed by atoms with Crippen LogP contribution in [-0.4, -0.2) is 17.3 Å². The Balaban J connectivity index is 2.80. The Morgan fingerprint density at radius 3 is 2.31 bits per heavy atom. The smallest absolute Gasteiger partial charge is 0.275 e. The molecule has 0 saturated carbocycles. The van der Waals surface area contributed by atoms with Gasteiger partial charge in [-0.1, -0.05) is 18.2 Å². The molecule has 84 valence electrons. The standard InChI is InChI=1S/C10H11N3O3/c1-7(12-15)9(13-16)10(14)11-8-5-3-2-4-6-8/h2-6,15-16H,1H3,(H,11,14)/p-2/b12-7+,13-9+. The molecule has 0 aliphatic carbocycles. The second-order valence-electron chi connectivity index (χ2n) is 2.94. The van der Waals surface area contributed by atoms with E-state index in [0.29, 0.717) is 5.69 Å². The number of anilines is 1. The van der Waals surface area contributed by atoms with Gasteiger partial charge in [0.25, 0.3) is 5.91 Å². The maximum Gasteiger partial charge on any atom is 0.275 e. The van der Waals surface area contributed by atoms with E-state index in [-0.39, 0.29) is 5.71 Å². The van der Waals surface area contributed by atoms with E-state index in [4.69, 9.17) is 0 Å². The van der Waals surface area contributed by atoms with Crippen molar-refractivity contribution in [3.63, 3.8) is 0 Å². The number of carbonyl (C=O) groups is 1. The Morgan fingerprint density at radius 2 is 1.81 bits per heavy atom. The number of nitrogens with one attached hydrogen (secondary N) is 1. The highest BCUT2D eigenvalue weighted by molar-refractivity contribution is 6.68. The van der Waals surface area contributed by atoms with E-state index in [1.165, 1.54) is 6.92 Å². The quantitative estimate of drug-likeness (QED) is 0.616. The highest BCUT2D eigenvalue weighted by Crippen LogP contribution is 2.05. The zero-order chi connectivity index (χ0) is 12.0. The molecule has 6 heteroatoms. The van der Waals surface area contributed by atoms with Gasteiger partial charge in [0.2, 0.25) is 0 Å². The minimum atomic E-state index is -0.752. The average Bonchev–Trinajstić information content (AvgIpc) is 2.31. The lowest BCUT2D eigenvalue weighted by molar-refractivity contribution is -0.110. The van der Waals surface area contributed by atoms with Crippen molar-refractivity contribution in [1.82, 2.24) is 0 Å². The molecule has 0 saturated heterocycles. The molecule has 1 N–H and O–H groups in total. The van der Waals surface area contributed by atoms with Crippen LogP contribution < -0.4 is 5.32 Å². The first-order chi connectivity index (χ1) is 7.69. The first kappa shape index (κ1) is 11.7. The van der Waals surface area contributed by atoms with Gasteiger partial charge in [-0.15, -0.1) is 0 Å². The molecule has 0 aliphatic rings. The van der Waals surface area contributed by atoms with Gasteiger partial charge in [0.15, 0.2) is 0 Å². The molecule has 1 aromatic rings. The molecule has 0 fully saturated rings. The van der Waals surface area contributed by atoms with E-state index in [1.54, 1.807) is 30.3 Å². The molecule has 0 heterocycles. The summed E-state index contributed by atoms with van der Waals surface area (Å²) in [6, 6.07) is 8.51. The van der Waals surface area contributed by atoms with Gasteiger partial charge >= 0.3 is 0 Å². The molecule has 0 unspecified atom stereocenters. The lowest BCUT2D eigenvalue weighted by Gasteiger charge is -2.10. The first-order valence-corrected chi connectivity index (χ1v) is 4.43. The number of amides is 1. The van der Waals surface area contributed by atoms with E-state index in [1.807, 2.05) is 0 Å². The zero-order valence-electron chi connectivity index (χ0n) is 8.51. The van der Waals surface area contributed by atoms with Crippen LogP contribution in [0.2, 0.25) is 0 Å². The van der Waals surface area contributed by atoms with Gasteiger partial charge in [-0.3, -0.25) is 4.79 Å². The molecule has 0 aliphatic heterocycles. The van der Waals surface area contributed by atoms with Crippen molar-refractivity contribution in [2.45, 2.75) is 6.92 Å². The lowest BCUT2D eigenvalue weighted by Crippen LogP contribution is -2.28. The Hall–Kier alpha value is -2.37. The van der Waals surface area contributed by atoms with Gasteiger partial charge < -0.3 is 26.0 Å². The third kappa shape index (κ3) is 2.81. The van der Waals surface area contributed by atoms with Gasteiger partial charge in [0.05, 0.1) is 5.71 Å². The van der Waals surface area contributed by atoms with Crippen molar-refractivity contribution in [2.75, 3.05) is 5.32 Å². The highest BCUT2D eigenvalue weighted by Gasteiger charge is 2.11. The van der Waals surface area contributed by atoms with Crippen LogP contribution in [0, 0.1) is 10.4 Å². The minimum absolute atomic E-state index is 0.247. The van der Waals surface area contributed by atoms with E-state index in [2.05, 4.69) is 15.6 Å². The molecule has 1 amide bonds. The van der Waals surface area contributed by atoms with Crippen molar-refractivity contribution in [2.24, 2.45) is 10.3 Å². The maximum atomic E-state index is 11.5. The van der Waals surface area contributed by atoms with Crippen LogP contribution in [0.5, 0.6) is 0 Å². The summed E-state index contributed by atoms with van der Waals surface area (Å²) in [5.41, 5.74) is -0.255. The molecule has 6 nitrogen and oxygen atoms in total.